The second-order valence-electron chi connectivity index (χ2n) is 2.55. The summed E-state index contributed by atoms with van der Waals surface area (Å²) in [4.78, 5) is 13.0. The highest BCUT2D eigenvalue weighted by Gasteiger charge is 2.15. The van der Waals surface area contributed by atoms with Crippen LogP contribution in [-0.2, 0) is 14.3 Å². The van der Waals surface area contributed by atoms with Crippen molar-refractivity contribution in [3.05, 3.63) is 6.92 Å². The third-order valence-corrected chi connectivity index (χ3v) is 1.73. The summed E-state index contributed by atoms with van der Waals surface area (Å²) in [6, 6.07) is 0. The van der Waals surface area contributed by atoms with Gasteiger partial charge in [0.15, 0.2) is 0 Å². The van der Waals surface area contributed by atoms with Gasteiger partial charge in [0.25, 0.3) is 0 Å². The highest BCUT2D eigenvalue weighted by Crippen LogP contribution is 1.97. The van der Waals surface area contributed by atoms with Gasteiger partial charge in [-0.1, -0.05) is 0 Å². The van der Waals surface area contributed by atoms with E-state index in [0.717, 1.165) is 0 Å². The Morgan fingerprint density at radius 3 is 2.75 bits per heavy atom. The minimum absolute atomic E-state index is 0.0296. The number of carbonyl (C=O) groups is 1. The number of rotatable bonds is 3. The Balaban J connectivity index is 2.20. The van der Waals surface area contributed by atoms with Gasteiger partial charge < -0.3 is 14.4 Å². The summed E-state index contributed by atoms with van der Waals surface area (Å²) < 4.78 is 10.0. The molecule has 12 heavy (non-hydrogen) atoms. The zero-order valence-electron chi connectivity index (χ0n) is 7.12. The second-order valence-corrected chi connectivity index (χ2v) is 2.55. The van der Waals surface area contributed by atoms with E-state index < -0.39 is 0 Å². The third kappa shape index (κ3) is 2.79. The molecule has 1 aliphatic heterocycles. The van der Waals surface area contributed by atoms with E-state index in [-0.39, 0.29) is 12.5 Å². The maximum Gasteiger partial charge on any atom is 0.248 e. The van der Waals surface area contributed by atoms with Crippen LogP contribution in [0, 0.1) is 6.92 Å². The Bertz CT molecular complexity index is 143. The van der Waals surface area contributed by atoms with Crippen LogP contribution in [0.2, 0.25) is 0 Å². The number of hydrogen-bond acceptors (Lipinski definition) is 3. The first kappa shape index (κ1) is 9.48. The summed E-state index contributed by atoms with van der Waals surface area (Å²) in [5, 5.41) is 0. The monoisotopic (exact) mass is 172 g/mol. The first-order valence-corrected chi connectivity index (χ1v) is 4.07. The van der Waals surface area contributed by atoms with Crippen LogP contribution in [0.25, 0.3) is 0 Å². The molecule has 0 N–H and O–H groups in total. The van der Waals surface area contributed by atoms with E-state index in [1.165, 1.54) is 0 Å². The maximum atomic E-state index is 11.3. The van der Waals surface area contributed by atoms with Crippen LogP contribution in [0.5, 0.6) is 0 Å². The minimum Gasteiger partial charge on any atom is -0.378 e. The molecule has 4 nitrogen and oxygen atoms in total. The van der Waals surface area contributed by atoms with Crippen molar-refractivity contribution in [2.24, 2.45) is 0 Å². The van der Waals surface area contributed by atoms with Crippen LogP contribution in [0.1, 0.15) is 0 Å². The molecule has 1 radical (unpaired) electrons. The Hall–Kier alpha value is -0.610. The molecule has 0 aromatic heterocycles. The lowest BCUT2D eigenvalue weighted by atomic mass is 10.4. The molecule has 69 valence electrons. The molecule has 1 amide bonds. The molecule has 1 fully saturated rings. The quantitative estimate of drug-likeness (QED) is 0.586. The van der Waals surface area contributed by atoms with Gasteiger partial charge in [-0.15, -0.1) is 0 Å². The lowest BCUT2D eigenvalue weighted by Gasteiger charge is -2.26. The molecule has 0 aromatic rings. The topological polar surface area (TPSA) is 38.8 Å². The summed E-state index contributed by atoms with van der Waals surface area (Å²) in [6.45, 7) is 6.60. The zero-order chi connectivity index (χ0) is 8.81. The van der Waals surface area contributed by atoms with Gasteiger partial charge in [-0.25, -0.2) is 0 Å². The van der Waals surface area contributed by atoms with E-state index in [1.807, 2.05) is 0 Å². The predicted octanol–water partition coefficient (Wildman–Crippen LogP) is -0.304. The zero-order valence-corrected chi connectivity index (χ0v) is 7.12. The Morgan fingerprint density at radius 2 is 2.17 bits per heavy atom. The highest BCUT2D eigenvalue weighted by atomic mass is 16.5. The predicted molar refractivity (Wildman–Crippen MR) is 43.6 cm³/mol. The van der Waals surface area contributed by atoms with Crippen molar-refractivity contribution >= 4 is 5.91 Å². The smallest absolute Gasteiger partial charge is 0.248 e. The molecule has 1 heterocycles. The van der Waals surface area contributed by atoms with E-state index in [1.54, 1.807) is 4.90 Å². The van der Waals surface area contributed by atoms with Gasteiger partial charge >= 0.3 is 0 Å². The van der Waals surface area contributed by atoms with Crippen molar-refractivity contribution in [1.29, 1.82) is 0 Å². The summed E-state index contributed by atoms with van der Waals surface area (Å²) in [5.41, 5.74) is 0. The fraction of sp³-hybridized carbons (Fsp3) is 0.750. The fourth-order valence-electron chi connectivity index (χ4n) is 1.06. The van der Waals surface area contributed by atoms with Gasteiger partial charge in [0, 0.05) is 19.7 Å². The summed E-state index contributed by atoms with van der Waals surface area (Å²) in [6.07, 6.45) is 0. The number of amides is 1. The van der Waals surface area contributed by atoms with Crippen molar-refractivity contribution in [1.82, 2.24) is 4.90 Å². The molecule has 0 saturated carbocycles. The normalized spacial score (nSPS) is 17.9. The molecule has 0 aromatic carbocycles. The third-order valence-electron chi connectivity index (χ3n) is 1.73. The fourth-order valence-corrected chi connectivity index (χ4v) is 1.06. The Labute approximate surface area is 72.4 Å². The van der Waals surface area contributed by atoms with Crippen molar-refractivity contribution in [3.63, 3.8) is 0 Å². The molecule has 1 rings (SSSR count). The second kappa shape index (κ2) is 5.11. The summed E-state index contributed by atoms with van der Waals surface area (Å²) in [7, 11) is 0. The van der Waals surface area contributed by atoms with Crippen LogP contribution in [-0.4, -0.2) is 50.3 Å². The van der Waals surface area contributed by atoms with Crippen molar-refractivity contribution in [2.45, 2.75) is 0 Å². The molecule has 0 spiro atoms. The largest absolute Gasteiger partial charge is 0.378 e. The summed E-state index contributed by atoms with van der Waals surface area (Å²) >= 11 is 0. The van der Waals surface area contributed by atoms with Crippen LogP contribution >= 0.6 is 0 Å². The SMILES string of the molecule is [CH2]COCC(=O)N1CCOCC1. The Kier molecular flexibility index (Phi) is 4.04. The van der Waals surface area contributed by atoms with Gasteiger partial charge in [-0.2, -0.15) is 0 Å². The molecular weight excluding hydrogens is 158 g/mol. The first-order valence-electron chi connectivity index (χ1n) is 4.07. The molecule has 0 bridgehead atoms. The van der Waals surface area contributed by atoms with Crippen LogP contribution in [0.3, 0.4) is 0 Å². The van der Waals surface area contributed by atoms with E-state index in [2.05, 4.69) is 6.92 Å². The molecule has 1 aliphatic rings. The molecule has 0 atom stereocenters. The van der Waals surface area contributed by atoms with Crippen molar-refractivity contribution in [2.75, 3.05) is 39.5 Å². The average molecular weight is 172 g/mol. The average Bonchev–Trinajstić information content (AvgIpc) is 2.15. The lowest BCUT2D eigenvalue weighted by Crippen LogP contribution is -2.42. The minimum atomic E-state index is 0.0296. The van der Waals surface area contributed by atoms with E-state index in [4.69, 9.17) is 9.47 Å². The maximum absolute atomic E-state index is 11.3. The van der Waals surface area contributed by atoms with Crippen LogP contribution in [0.15, 0.2) is 0 Å². The number of ether oxygens (including phenoxy) is 2. The van der Waals surface area contributed by atoms with Gasteiger partial charge in [0.05, 0.1) is 13.2 Å². The number of morpholine rings is 1. The summed E-state index contributed by atoms with van der Waals surface area (Å²) in [5.74, 6) is 0.0296. The van der Waals surface area contributed by atoms with Gasteiger partial charge in [0.1, 0.15) is 6.61 Å². The lowest BCUT2D eigenvalue weighted by molar-refractivity contribution is -0.139. The van der Waals surface area contributed by atoms with Gasteiger partial charge in [-0.3, -0.25) is 4.79 Å². The van der Waals surface area contributed by atoms with E-state index in [9.17, 15) is 4.79 Å². The standard InChI is InChI=1S/C8H14NO3/c1-2-11-7-8(10)9-3-5-12-6-4-9/h1-7H2. The first-order chi connectivity index (χ1) is 5.84. The molecule has 0 unspecified atom stereocenters. The molecular formula is C8H14NO3. The van der Waals surface area contributed by atoms with E-state index in [0.29, 0.717) is 32.9 Å². The van der Waals surface area contributed by atoms with Crippen molar-refractivity contribution < 1.29 is 14.3 Å². The van der Waals surface area contributed by atoms with E-state index >= 15 is 0 Å². The van der Waals surface area contributed by atoms with Gasteiger partial charge in [-0.05, 0) is 6.92 Å². The van der Waals surface area contributed by atoms with Crippen molar-refractivity contribution in [3.8, 4) is 0 Å². The number of hydrogen-bond donors (Lipinski definition) is 0. The van der Waals surface area contributed by atoms with Crippen LogP contribution in [0.4, 0.5) is 0 Å². The highest BCUT2D eigenvalue weighted by molar-refractivity contribution is 5.77. The number of nitrogens with zero attached hydrogens (tertiary/aromatic N) is 1. The Morgan fingerprint density at radius 1 is 1.50 bits per heavy atom. The molecule has 0 aliphatic carbocycles. The molecule has 4 heteroatoms. The number of carbonyl (C=O) groups excluding carboxylic acids is 1. The molecule has 1 saturated heterocycles. The van der Waals surface area contributed by atoms with Crippen LogP contribution < -0.4 is 0 Å². The van der Waals surface area contributed by atoms with Gasteiger partial charge in [0.2, 0.25) is 5.91 Å².